The smallest absolute Gasteiger partial charge is 0.172 e. The Bertz CT molecular complexity index is 372. The maximum absolute atomic E-state index is 4.14. The van der Waals surface area contributed by atoms with Gasteiger partial charge >= 0.3 is 0 Å². The van der Waals surface area contributed by atoms with Crippen LogP contribution in [0.2, 0.25) is 0 Å². The molecule has 1 aromatic heterocycles. The number of rotatable bonds is 1. The average molecular weight is 241 g/mol. The average Bonchev–Trinajstić information content (AvgIpc) is 2.56. The van der Waals surface area contributed by atoms with Crippen molar-refractivity contribution in [2.24, 2.45) is 0 Å². The van der Waals surface area contributed by atoms with Crippen LogP contribution < -0.4 is 0 Å². The lowest BCUT2D eigenvalue weighted by molar-refractivity contribution is 1.32. The van der Waals surface area contributed by atoms with Crippen molar-refractivity contribution in [2.75, 3.05) is 0 Å². The van der Waals surface area contributed by atoms with Crippen molar-refractivity contribution in [3.8, 4) is 11.4 Å². The van der Waals surface area contributed by atoms with Gasteiger partial charge in [0.05, 0.1) is 0 Å². The van der Waals surface area contributed by atoms with Crippen molar-refractivity contribution in [2.45, 2.75) is 0 Å². The van der Waals surface area contributed by atoms with E-state index in [1.54, 1.807) is 5.51 Å². The first kappa shape index (κ1) is 7.89. The number of benzene rings is 1. The number of hydrogen-bond acceptors (Lipinski definition) is 3. The van der Waals surface area contributed by atoms with Crippen molar-refractivity contribution in [3.05, 3.63) is 34.2 Å². The van der Waals surface area contributed by atoms with E-state index in [0.29, 0.717) is 0 Å². The predicted octanol–water partition coefficient (Wildman–Crippen LogP) is 2.97. The molecule has 2 nitrogen and oxygen atoms in total. The molecule has 0 bridgehead atoms. The fraction of sp³-hybridized carbons (Fsp3) is 0. The summed E-state index contributed by atoms with van der Waals surface area (Å²) in [6, 6.07) is 7.95. The van der Waals surface area contributed by atoms with Gasteiger partial charge in [0.1, 0.15) is 5.51 Å². The molecule has 0 saturated carbocycles. The summed E-state index contributed by atoms with van der Waals surface area (Å²) in [4.78, 5) is 4.11. The molecule has 2 rings (SSSR count). The van der Waals surface area contributed by atoms with Crippen LogP contribution in [0, 0.1) is 0 Å². The molecular formula is C8H5BrN2S. The molecule has 0 atom stereocenters. The molecule has 0 unspecified atom stereocenters. The molecule has 1 heterocycles. The number of aromatic nitrogens is 2. The highest BCUT2D eigenvalue weighted by molar-refractivity contribution is 9.10. The van der Waals surface area contributed by atoms with Gasteiger partial charge in [-0.25, -0.2) is 4.98 Å². The van der Waals surface area contributed by atoms with Gasteiger partial charge in [-0.15, -0.1) is 0 Å². The summed E-state index contributed by atoms with van der Waals surface area (Å²) in [5.41, 5.74) is 2.78. The Kier molecular flexibility index (Phi) is 2.19. The number of nitrogens with zero attached hydrogens (tertiary/aromatic N) is 2. The maximum Gasteiger partial charge on any atom is 0.172 e. The molecule has 0 radical (unpaired) electrons. The lowest BCUT2D eigenvalue weighted by atomic mass is 10.2. The van der Waals surface area contributed by atoms with Gasteiger partial charge in [-0.3, -0.25) is 0 Å². The summed E-state index contributed by atoms with van der Waals surface area (Å²) in [5.74, 6) is 0.793. The molecule has 1 aromatic carbocycles. The third kappa shape index (κ3) is 1.54. The van der Waals surface area contributed by atoms with E-state index in [1.807, 2.05) is 24.3 Å². The van der Waals surface area contributed by atoms with Gasteiger partial charge in [0.25, 0.3) is 0 Å². The Hall–Kier alpha value is -0.740. The highest BCUT2D eigenvalue weighted by Crippen LogP contribution is 2.19. The molecule has 0 aliphatic rings. The largest absolute Gasteiger partial charge is 0.223 e. The number of halogens is 1. The van der Waals surface area contributed by atoms with E-state index in [-0.39, 0.29) is 0 Å². The van der Waals surface area contributed by atoms with Crippen LogP contribution in [-0.2, 0) is 0 Å². The van der Waals surface area contributed by atoms with E-state index >= 15 is 0 Å². The summed E-state index contributed by atoms with van der Waals surface area (Å²) >= 11 is 4.76. The lowest BCUT2D eigenvalue weighted by Crippen LogP contribution is -1.78. The summed E-state index contributed by atoms with van der Waals surface area (Å²) in [7, 11) is 0. The van der Waals surface area contributed by atoms with E-state index in [0.717, 1.165) is 15.9 Å². The molecule has 12 heavy (non-hydrogen) atoms. The predicted molar refractivity (Wildman–Crippen MR) is 53.0 cm³/mol. The molecule has 0 N–H and O–H groups in total. The van der Waals surface area contributed by atoms with Gasteiger partial charge in [0.2, 0.25) is 0 Å². The van der Waals surface area contributed by atoms with E-state index in [1.165, 1.54) is 11.5 Å². The summed E-state index contributed by atoms with van der Waals surface area (Å²) in [6.07, 6.45) is 0. The van der Waals surface area contributed by atoms with Crippen molar-refractivity contribution >= 4 is 27.5 Å². The van der Waals surface area contributed by atoms with E-state index < -0.39 is 0 Å². The summed E-state index contributed by atoms with van der Waals surface area (Å²) in [6.45, 7) is 0. The highest BCUT2D eigenvalue weighted by Gasteiger charge is 2.00. The van der Waals surface area contributed by atoms with Gasteiger partial charge in [0, 0.05) is 10.0 Å². The van der Waals surface area contributed by atoms with Gasteiger partial charge in [0.15, 0.2) is 5.82 Å². The monoisotopic (exact) mass is 240 g/mol. The first-order chi connectivity index (χ1) is 5.86. The first-order valence-electron chi connectivity index (χ1n) is 3.38. The highest BCUT2D eigenvalue weighted by atomic mass is 79.9. The van der Waals surface area contributed by atoms with E-state index in [2.05, 4.69) is 25.3 Å². The van der Waals surface area contributed by atoms with Crippen LogP contribution >= 0.6 is 27.5 Å². The zero-order valence-electron chi connectivity index (χ0n) is 6.07. The molecule has 0 spiro atoms. The van der Waals surface area contributed by atoms with Gasteiger partial charge in [-0.1, -0.05) is 28.1 Å². The topological polar surface area (TPSA) is 25.8 Å². The van der Waals surface area contributed by atoms with Crippen LogP contribution in [0.5, 0.6) is 0 Å². The van der Waals surface area contributed by atoms with Crippen molar-refractivity contribution < 1.29 is 0 Å². The van der Waals surface area contributed by atoms with Crippen LogP contribution in [0.4, 0.5) is 0 Å². The van der Waals surface area contributed by atoms with Crippen LogP contribution in [0.25, 0.3) is 11.4 Å². The van der Waals surface area contributed by atoms with Gasteiger partial charge in [-0.2, -0.15) is 4.37 Å². The first-order valence-corrected chi connectivity index (χ1v) is 5.01. The van der Waals surface area contributed by atoms with Crippen molar-refractivity contribution in [3.63, 3.8) is 0 Å². The fourth-order valence-electron chi connectivity index (χ4n) is 0.925. The van der Waals surface area contributed by atoms with Crippen LogP contribution in [0.1, 0.15) is 0 Å². The van der Waals surface area contributed by atoms with Crippen molar-refractivity contribution in [1.29, 1.82) is 0 Å². The Morgan fingerprint density at radius 1 is 1.33 bits per heavy atom. The standard InChI is InChI=1S/C8H5BrN2S/c9-7-3-1-2-6(4-7)8-10-5-12-11-8/h1-5H. The van der Waals surface area contributed by atoms with Crippen LogP contribution in [0.15, 0.2) is 34.2 Å². The molecule has 0 saturated heterocycles. The molecule has 0 fully saturated rings. The minimum absolute atomic E-state index is 0.793. The van der Waals surface area contributed by atoms with Crippen LogP contribution in [-0.4, -0.2) is 9.36 Å². The normalized spacial score (nSPS) is 10.1. The number of hydrogen-bond donors (Lipinski definition) is 0. The molecule has 0 amide bonds. The zero-order chi connectivity index (χ0) is 8.39. The second kappa shape index (κ2) is 3.33. The second-order valence-corrected chi connectivity index (χ2v) is 3.79. The van der Waals surface area contributed by atoms with E-state index in [9.17, 15) is 0 Å². The minimum Gasteiger partial charge on any atom is -0.223 e. The third-order valence-electron chi connectivity index (χ3n) is 1.44. The molecule has 4 heteroatoms. The Morgan fingerprint density at radius 2 is 2.25 bits per heavy atom. The summed E-state index contributed by atoms with van der Waals surface area (Å²) < 4.78 is 5.19. The lowest BCUT2D eigenvalue weighted by Gasteiger charge is -1.94. The van der Waals surface area contributed by atoms with Gasteiger partial charge in [-0.05, 0) is 23.7 Å². The Morgan fingerprint density at radius 3 is 2.92 bits per heavy atom. The molecule has 2 aromatic rings. The maximum atomic E-state index is 4.14. The molecule has 60 valence electrons. The van der Waals surface area contributed by atoms with Crippen LogP contribution in [0.3, 0.4) is 0 Å². The second-order valence-electron chi connectivity index (χ2n) is 2.27. The quantitative estimate of drug-likeness (QED) is 0.767. The minimum atomic E-state index is 0.793. The van der Waals surface area contributed by atoms with E-state index in [4.69, 9.17) is 0 Å². The Labute approximate surface area is 82.6 Å². The molecule has 0 aliphatic carbocycles. The molecular weight excluding hydrogens is 236 g/mol. The van der Waals surface area contributed by atoms with Gasteiger partial charge < -0.3 is 0 Å². The SMILES string of the molecule is Brc1cccc(-c2ncsn2)c1. The Balaban J connectivity index is 2.48. The molecule has 0 aliphatic heterocycles. The fourth-order valence-corrected chi connectivity index (χ4v) is 1.77. The zero-order valence-corrected chi connectivity index (χ0v) is 8.47. The third-order valence-corrected chi connectivity index (χ3v) is 2.42. The summed E-state index contributed by atoms with van der Waals surface area (Å²) in [5, 5.41) is 0. The van der Waals surface area contributed by atoms with Crippen molar-refractivity contribution in [1.82, 2.24) is 9.36 Å².